The highest BCUT2D eigenvalue weighted by Gasteiger charge is 2.27. The molecule has 152 valence electrons. The molecule has 1 saturated carbocycles. The van der Waals surface area contributed by atoms with Crippen molar-refractivity contribution in [2.24, 2.45) is 0 Å². The van der Waals surface area contributed by atoms with Gasteiger partial charge in [0, 0.05) is 25.2 Å². The zero-order valence-electron chi connectivity index (χ0n) is 17.0. The summed E-state index contributed by atoms with van der Waals surface area (Å²) in [4.78, 5) is 22.8. The molecule has 0 unspecified atom stereocenters. The summed E-state index contributed by atoms with van der Waals surface area (Å²) in [7, 11) is 0. The monoisotopic (exact) mass is 386 g/mol. The fourth-order valence-electron chi connectivity index (χ4n) is 3.62. The lowest BCUT2D eigenvalue weighted by atomic mass is 10.1. The van der Waals surface area contributed by atoms with Crippen LogP contribution in [0.1, 0.15) is 64.9 Å². The second-order valence-electron chi connectivity index (χ2n) is 8.58. The van der Waals surface area contributed by atoms with Crippen molar-refractivity contribution in [3.63, 3.8) is 0 Å². The zero-order valence-corrected chi connectivity index (χ0v) is 17.0. The minimum atomic E-state index is -0.481. The van der Waals surface area contributed by atoms with Gasteiger partial charge in [0.25, 0.3) is 0 Å². The Morgan fingerprint density at radius 3 is 2.43 bits per heavy atom. The Kier molecular flexibility index (Phi) is 6.22. The highest BCUT2D eigenvalue weighted by Crippen LogP contribution is 2.24. The van der Waals surface area contributed by atoms with Gasteiger partial charge in [-0.1, -0.05) is 12.8 Å². The number of carbonyl (C=O) groups is 1. The maximum absolute atomic E-state index is 12.2. The van der Waals surface area contributed by atoms with Crippen LogP contribution in [0.4, 0.5) is 16.6 Å². The molecule has 1 aromatic heterocycles. The molecule has 2 heterocycles. The first kappa shape index (κ1) is 20.2. The van der Waals surface area contributed by atoms with Gasteiger partial charge < -0.3 is 20.3 Å². The first-order valence-electron chi connectivity index (χ1n) is 10.1. The molecule has 1 saturated heterocycles. The Morgan fingerprint density at radius 1 is 1.18 bits per heavy atom. The minimum Gasteiger partial charge on any atom is -0.444 e. The number of rotatable bonds is 4. The normalized spacial score (nSPS) is 18.6. The number of ether oxygens (including phenoxy) is 1. The lowest BCUT2D eigenvalue weighted by Crippen LogP contribution is -2.44. The number of anilines is 2. The van der Waals surface area contributed by atoms with Crippen molar-refractivity contribution in [1.82, 2.24) is 14.9 Å². The molecule has 1 aliphatic carbocycles. The molecule has 2 fully saturated rings. The summed E-state index contributed by atoms with van der Waals surface area (Å²) in [6, 6.07) is 2.73. The van der Waals surface area contributed by atoms with Gasteiger partial charge in [-0.25, -0.2) is 9.78 Å². The molecule has 0 atom stereocenters. The number of hydrogen-bond donors (Lipinski definition) is 2. The maximum Gasteiger partial charge on any atom is 0.410 e. The van der Waals surface area contributed by atoms with Crippen LogP contribution in [0.5, 0.6) is 0 Å². The van der Waals surface area contributed by atoms with Crippen LogP contribution >= 0.6 is 0 Å². The third-order valence-electron chi connectivity index (χ3n) is 5.09. The van der Waals surface area contributed by atoms with Crippen molar-refractivity contribution in [3.8, 4) is 6.07 Å². The first-order chi connectivity index (χ1) is 13.3. The van der Waals surface area contributed by atoms with E-state index in [1.807, 2.05) is 20.8 Å². The second kappa shape index (κ2) is 8.63. The summed E-state index contributed by atoms with van der Waals surface area (Å²) in [5.74, 6) is 1.13. The largest absolute Gasteiger partial charge is 0.444 e. The SMILES string of the molecule is CC(C)(C)OC(=O)N1CCC(Nc2ncc(C#N)c(NC3CCCC3)n2)CC1. The molecule has 1 aromatic rings. The van der Waals surface area contributed by atoms with E-state index in [-0.39, 0.29) is 12.1 Å². The Bertz CT molecular complexity index is 725. The molecule has 8 heteroatoms. The van der Waals surface area contributed by atoms with Gasteiger partial charge >= 0.3 is 6.09 Å². The quantitative estimate of drug-likeness (QED) is 0.816. The molecule has 0 radical (unpaired) electrons. The number of carbonyl (C=O) groups excluding carboxylic acids is 1. The van der Waals surface area contributed by atoms with Crippen molar-refractivity contribution in [2.75, 3.05) is 23.7 Å². The second-order valence-corrected chi connectivity index (χ2v) is 8.58. The van der Waals surface area contributed by atoms with Crippen LogP contribution in [0.3, 0.4) is 0 Å². The standard InChI is InChI=1S/C20H30N6O2/c1-20(2,3)28-19(27)26-10-8-16(9-11-26)24-18-22-13-14(12-21)17(25-18)23-15-6-4-5-7-15/h13,15-16H,4-11H2,1-3H3,(H2,22,23,24,25). The Balaban J connectivity index is 1.56. The average molecular weight is 387 g/mol. The smallest absolute Gasteiger partial charge is 0.410 e. The van der Waals surface area contributed by atoms with E-state index in [2.05, 4.69) is 26.7 Å². The summed E-state index contributed by atoms with van der Waals surface area (Å²) < 4.78 is 5.44. The van der Waals surface area contributed by atoms with Crippen LogP contribution in [0.15, 0.2) is 6.20 Å². The maximum atomic E-state index is 12.2. The van der Waals surface area contributed by atoms with Gasteiger partial charge in [0.2, 0.25) is 5.95 Å². The highest BCUT2D eigenvalue weighted by molar-refractivity contribution is 5.68. The van der Waals surface area contributed by atoms with Crippen molar-refractivity contribution in [3.05, 3.63) is 11.8 Å². The van der Waals surface area contributed by atoms with Gasteiger partial charge in [0.1, 0.15) is 23.1 Å². The number of amides is 1. The van der Waals surface area contributed by atoms with Crippen LogP contribution in [-0.2, 0) is 4.74 Å². The van der Waals surface area contributed by atoms with Crippen molar-refractivity contribution in [2.45, 2.75) is 77.0 Å². The Morgan fingerprint density at radius 2 is 1.82 bits per heavy atom. The van der Waals surface area contributed by atoms with Crippen LogP contribution in [0.25, 0.3) is 0 Å². The highest BCUT2D eigenvalue weighted by atomic mass is 16.6. The molecule has 28 heavy (non-hydrogen) atoms. The number of aromatic nitrogens is 2. The van der Waals surface area contributed by atoms with E-state index < -0.39 is 5.60 Å². The van der Waals surface area contributed by atoms with Gasteiger partial charge in [0.15, 0.2) is 0 Å². The molecule has 3 rings (SSSR count). The number of piperidine rings is 1. The molecule has 2 aliphatic rings. The van der Waals surface area contributed by atoms with E-state index in [0.29, 0.717) is 36.5 Å². The van der Waals surface area contributed by atoms with E-state index in [9.17, 15) is 10.1 Å². The van der Waals surface area contributed by atoms with Gasteiger partial charge in [-0.2, -0.15) is 10.2 Å². The zero-order chi connectivity index (χ0) is 20.1. The molecular formula is C20H30N6O2. The number of likely N-dealkylation sites (tertiary alicyclic amines) is 1. The third-order valence-corrected chi connectivity index (χ3v) is 5.09. The van der Waals surface area contributed by atoms with Crippen LogP contribution < -0.4 is 10.6 Å². The van der Waals surface area contributed by atoms with Crippen molar-refractivity contribution >= 4 is 17.9 Å². The molecule has 0 aromatic carbocycles. The molecule has 1 aliphatic heterocycles. The molecular weight excluding hydrogens is 356 g/mol. The van der Waals surface area contributed by atoms with E-state index in [4.69, 9.17) is 4.74 Å². The van der Waals surface area contributed by atoms with E-state index >= 15 is 0 Å². The van der Waals surface area contributed by atoms with Gasteiger partial charge in [-0.3, -0.25) is 0 Å². The van der Waals surface area contributed by atoms with E-state index in [0.717, 1.165) is 25.7 Å². The third kappa shape index (κ3) is 5.47. The summed E-state index contributed by atoms with van der Waals surface area (Å²) in [6.07, 6.45) is 7.56. The van der Waals surface area contributed by atoms with Crippen LogP contribution in [-0.4, -0.2) is 51.7 Å². The van der Waals surface area contributed by atoms with E-state index in [1.54, 1.807) is 11.1 Å². The lowest BCUT2D eigenvalue weighted by Gasteiger charge is -2.33. The average Bonchev–Trinajstić information content (AvgIpc) is 3.14. The fourth-order valence-corrected chi connectivity index (χ4v) is 3.62. The summed E-state index contributed by atoms with van der Waals surface area (Å²) in [6.45, 7) is 6.89. The minimum absolute atomic E-state index is 0.186. The Hall–Kier alpha value is -2.56. The number of nitrogens with zero attached hydrogens (tertiary/aromatic N) is 4. The molecule has 0 bridgehead atoms. The summed E-state index contributed by atoms with van der Waals surface area (Å²) in [5.41, 5.74) is -0.0113. The van der Waals surface area contributed by atoms with Gasteiger partial charge in [-0.05, 0) is 46.5 Å². The first-order valence-corrected chi connectivity index (χ1v) is 10.1. The van der Waals surface area contributed by atoms with Crippen LogP contribution in [0, 0.1) is 11.3 Å². The Labute approximate surface area is 166 Å². The van der Waals surface area contributed by atoms with E-state index in [1.165, 1.54) is 12.8 Å². The van der Waals surface area contributed by atoms with Crippen LogP contribution in [0.2, 0.25) is 0 Å². The van der Waals surface area contributed by atoms with Crippen molar-refractivity contribution < 1.29 is 9.53 Å². The predicted octanol–water partition coefficient (Wildman–Crippen LogP) is 3.51. The lowest BCUT2D eigenvalue weighted by molar-refractivity contribution is 0.0210. The molecule has 1 amide bonds. The van der Waals surface area contributed by atoms with Crippen molar-refractivity contribution in [1.29, 1.82) is 5.26 Å². The molecule has 2 N–H and O–H groups in total. The summed E-state index contributed by atoms with van der Waals surface area (Å²) in [5, 5.41) is 16.1. The molecule has 8 nitrogen and oxygen atoms in total. The summed E-state index contributed by atoms with van der Waals surface area (Å²) >= 11 is 0. The van der Waals surface area contributed by atoms with Gasteiger partial charge in [0.05, 0.1) is 6.20 Å². The number of nitrogens with one attached hydrogen (secondary N) is 2. The predicted molar refractivity (Wildman–Crippen MR) is 107 cm³/mol. The van der Waals surface area contributed by atoms with Gasteiger partial charge in [-0.15, -0.1) is 0 Å². The molecule has 0 spiro atoms. The topological polar surface area (TPSA) is 103 Å². The number of nitriles is 1. The fraction of sp³-hybridized carbons (Fsp3) is 0.700. The number of hydrogen-bond acceptors (Lipinski definition) is 7.